The molecule has 134 valence electrons. The highest BCUT2D eigenvalue weighted by Gasteiger charge is 2.34. The lowest BCUT2D eigenvalue weighted by molar-refractivity contribution is -0.137. The van der Waals surface area contributed by atoms with E-state index in [4.69, 9.17) is 4.52 Å². The fraction of sp³-hybridized carbons (Fsp3) is 0.111. The van der Waals surface area contributed by atoms with Crippen molar-refractivity contribution in [2.24, 2.45) is 0 Å². The second kappa shape index (κ2) is 6.99. The van der Waals surface area contributed by atoms with E-state index in [0.717, 1.165) is 12.1 Å². The Labute approximate surface area is 145 Å². The average Bonchev–Trinajstić information content (AvgIpc) is 3.08. The Balaban J connectivity index is 1.73. The summed E-state index contributed by atoms with van der Waals surface area (Å²) >= 11 is 0. The second-order valence-corrected chi connectivity index (χ2v) is 5.39. The van der Waals surface area contributed by atoms with Crippen LogP contribution in [0.5, 0.6) is 0 Å². The zero-order valence-electron chi connectivity index (χ0n) is 13.2. The van der Waals surface area contributed by atoms with Crippen LogP contribution in [0.3, 0.4) is 0 Å². The number of alkyl halides is 3. The van der Waals surface area contributed by atoms with Crippen molar-refractivity contribution in [3.63, 3.8) is 0 Å². The van der Waals surface area contributed by atoms with E-state index in [1.807, 2.05) is 0 Å². The zero-order chi connectivity index (χ0) is 18.7. The minimum absolute atomic E-state index is 0.156. The van der Waals surface area contributed by atoms with Gasteiger partial charge in [0, 0.05) is 6.07 Å². The van der Waals surface area contributed by atoms with Gasteiger partial charge in [-0.2, -0.15) is 13.2 Å². The molecule has 3 aromatic rings. The van der Waals surface area contributed by atoms with E-state index in [9.17, 15) is 22.4 Å². The Hall–Kier alpha value is -3.16. The van der Waals surface area contributed by atoms with Gasteiger partial charge in [-0.25, -0.2) is 4.39 Å². The van der Waals surface area contributed by atoms with Gasteiger partial charge in [-0.05, 0) is 24.3 Å². The first-order valence-corrected chi connectivity index (χ1v) is 7.51. The van der Waals surface area contributed by atoms with Crippen LogP contribution in [0.25, 0.3) is 11.3 Å². The van der Waals surface area contributed by atoms with Crippen LogP contribution in [0.4, 0.5) is 17.6 Å². The predicted octanol–water partition coefficient (Wildman–Crippen LogP) is 4.43. The van der Waals surface area contributed by atoms with Crippen molar-refractivity contribution in [2.45, 2.75) is 12.7 Å². The summed E-state index contributed by atoms with van der Waals surface area (Å²) in [6.07, 6.45) is -4.64. The molecule has 8 heteroatoms. The van der Waals surface area contributed by atoms with Gasteiger partial charge >= 0.3 is 6.18 Å². The fourth-order valence-corrected chi connectivity index (χ4v) is 2.38. The zero-order valence-corrected chi connectivity index (χ0v) is 13.2. The Morgan fingerprint density at radius 2 is 1.77 bits per heavy atom. The number of carbonyl (C=O) groups is 1. The molecule has 1 aromatic heterocycles. The SMILES string of the molecule is O=C(NCc1cc(-c2ccccc2F)on1)c1ccccc1C(F)(F)F. The molecule has 0 fully saturated rings. The van der Waals surface area contributed by atoms with E-state index in [1.165, 1.54) is 36.4 Å². The summed E-state index contributed by atoms with van der Waals surface area (Å²) in [5.74, 6) is -1.24. The highest BCUT2D eigenvalue weighted by Crippen LogP contribution is 2.31. The molecule has 0 aliphatic carbocycles. The molecular weight excluding hydrogens is 352 g/mol. The lowest BCUT2D eigenvalue weighted by Gasteiger charge is -2.12. The fourth-order valence-electron chi connectivity index (χ4n) is 2.38. The van der Waals surface area contributed by atoms with Gasteiger partial charge in [-0.1, -0.05) is 29.4 Å². The quantitative estimate of drug-likeness (QED) is 0.697. The molecule has 0 saturated heterocycles. The number of carbonyl (C=O) groups excluding carboxylic acids is 1. The highest BCUT2D eigenvalue weighted by atomic mass is 19.4. The number of hydrogen-bond donors (Lipinski definition) is 1. The number of nitrogens with zero attached hydrogens (tertiary/aromatic N) is 1. The van der Waals surface area contributed by atoms with E-state index < -0.39 is 29.0 Å². The summed E-state index contributed by atoms with van der Waals surface area (Å²) in [6.45, 7) is -0.164. The Bertz CT molecular complexity index is 935. The Morgan fingerprint density at radius 3 is 2.50 bits per heavy atom. The molecule has 3 rings (SSSR count). The highest BCUT2D eigenvalue weighted by molar-refractivity contribution is 5.95. The van der Waals surface area contributed by atoms with Crippen LogP contribution in [0.1, 0.15) is 21.6 Å². The van der Waals surface area contributed by atoms with Crippen molar-refractivity contribution in [1.29, 1.82) is 0 Å². The molecule has 0 aliphatic rings. The molecule has 1 N–H and O–H groups in total. The smallest absolute Gasteiger partial charge is 0.356 e. The maximum absolute atomic E-state index is 13.7. The third-order valence-corrected chi connectivity index (χ3v) is 3.61. The van der Waals surface area contributed by atoms with Crippen LogP contribution < -0.4 is 5.32 Å². The first-order chi connectivity index (χ1) is 12.4. The van der Waals surface area contributed by atoms with Gasteiger partial charge < -0.3 is 9.84 Å². The number of rotatable bonds is 4. The number of halogens is 4. The van der Waals surface area contributed by atoms with Gasteiger partial charge in [-0.3, -0.25) is 4.79 Å². The summed E-state index contributed by atoms with van der Waals surface area (Å²) in [6, 6.07) is 11.8. The van der Waals surface area contributed by atoms with Crippen molar-refractivity contribution in [3.05, 3.63) is 77.2 Å². The molecule has 0 aliphatic heterocycles. The van der Waals surface area contributed by atoms with E-state index in [2.05, 4.69) is 10.5 Å². The van der Waals surface area contributed by atoms with E-state index in [-0.39, 0.29) is 23.6 Å². The molecule has 0 radical (unpaired) electrons. The number of nitrogens with one attached hydrogen (secondary N) is 1. The molecule has 0 saturated carbocycles. The van der Waals surface area contributed by atoms with Crippen molar-refractivity contribution in [1.82, 2.24) is 10.5 Å². The van der Waals surface area contributed by atoms with Crippen LogP contribution in [0.2, 0.25) is 0 Å². The van der Waals surface area contributed by atoms with Gasteiger partial charge in [0.2, 0.25) is 0 Å². The van der Waals surface area contributed by atoms with Crippen molar-refractivity contribution < 1.29 is 26.9 Å². The van der Waals surface area contributed by atoms with Gasteiger partial charge in [0.1, 0.15) is 11.5 Å². The van der Waals surface area contributed by atoms with Crippen LogP contribution in [-0.2, 0) is 12.7 Å². The second-order valence-electron chi connectivity index (χ2n) is 5.39. The Kier molecular flexibility index (Phi) is 4.75. The molecule has 4 nitrogen and oxygen atoms in total. The number of benzene rings is 2. The maximum Gasteiger partial charge on any atom is 0.417 e. The topological polar surface area (TPSA) is 55.1 Å². The summed E-state index contributed by atoms with van der Waals surface area (Å²) in [5, 5.41) is 6.04. The molecule has 0 spiro atoms. The van der Waals surface area contributed by atoms with Crippen LogP contribution in [0, 0.1) is 5.82 Å². The third kappa shape index (κ3) is 3.74. The largest absolute Gasteiger partial charge is 0.417 e. The molecular formula is C18H12F4N2O2. The molecule has 2 aromatic carbocycles. The Morgan fingerprint density at radius 1 is 1.08 bits per heavy atom. The third-order valence-electron chi connectivity index (χ3n) is 3.61. The van der Waals surface area contributed by atoms with Crippen molar-refractivity contribution in [2.75, 3.05) is 0 Å². The van der Waals surface area contributed by atoms with E-state index >= 15 is 0 Å². The minimum Gasteiger partial charge on any atom is -0.356 e. The predicted molar refractivity (Wildman–Crippen MR) is 84.5 cm³/mol. The molecule has 26 heavy (non-hydrogen) atoms. The normalized spacial score (nSPS) is 11.4. The summed E-state index contributed by atoms with van der Waals surface area (Å²) < 4.78 is 57.6. The van der Waals surface area contributed by atoms with E-state index in [1.54, 1.807) is 6.07 Å². The van der Waals surface area contributed by atoms with Gasteiger partial charge in [-0.15, -0.1) is 0 Å². The molecule has 0 bridgehead atoms. The molecule has 1 heterocycles. The monoisotopic (exact) mass is 364 g/mol. The summed E-state index contributed by atoms with van der Waals surface area (Å²) in [7, 11) is 0. The maximum atomic E-state index is 13.7. The average molecular weight is 364 g/mol. The number of amides is 1. The van der Waals surface area contributed by atoms with Crippen LogP contribution in [-0.4, -0.2) is 11.1 Å². The van der Waals surface area contributed by atoms with Crippen LogP contribution in [0.15, 0.2) is 59.1 Å². The van der Waals surface area contributed by atoms with Crippen molar-refractivity contribution >= 4 is 5.91 Å². The molecule has 1 amide bonds. The number of aromatic nitrogens is 1. The minimum atomic E-state index is -4.64. The standard InChI is InChI=1S/C18H12F4N2O2/c19-15-8-4-2-6-13(15)16-9-11(24-26-16)10-23-17(25)12-5-1-3-7-14(12)18(20,21)22/h1-9H,10H2,(H,23,25). The lowest BCUT2D eigenvalue weighted by atomic mass is 10.1. The van der Waals surface area contributed by atoms with Gasteiger partial charge in [0.25, 0.3) is 5.91 Å². The van der Waals surface area contributed by atoms with Gasteiger partial charge in [0.05, 0.1) is 23.2 Å². The summed E-state index contributed by atoms with van der Waals surface area (Å²) in [5.41, 5.74) is -1.07. The molecule has 0 unspecified atom stereocenters. The van der Waals surface area contributed by atoms with Crippen molar-refractivity contribution in [3.8, 4) is 11.3 Å². The van der Waals surface area contributed by atoms with Gasteiger partial charge in [0.15, 0.2) is 5.76 Å². The van der Waals surface area contributed by atoms with E-state index in [0.29, 0.717) is 0 Å². The first kappa shape index (κ1) is 17.7. The van der Waals surface area contributed by atoms with Crippen LogP contribution >= 0.6 is 0 Å². The molecule has 0 atom stereocenters. The lowest BCUT2D eigenvalue weighted by Crippen LogP contribution is -2.26. The number of hydrogen-bond acceptors (Lipinski definition) is 3. The first-order valence-electron chi connectivity index (χ1n) is 7.51. The summed E-state index contributed by atoms with van der Waals surface area (Å²) in [4.78, 5) is 12.1.